The second kappa shape index (κ2) is 7.99. The van der Waals surface area contributed by atoms with Crippen LogP contribution < -0.4 is 10.0 Å². The summed E-state index contributed by atoms with van der Waals surface area (Å²) in [5, 5.41) is 2.72. The molecule has 28 heavy (non-hydrogen) atoms. The van der Waals surface area contributed by atoms with Crippen LogP contribution in [0.25, 0.3) is 0 Å². The molecule has 0 unspecified atom stereocenters. The molecule has 2 aromatic carbocycles. The van der Waals surface area contributed by atoms with E-state index in [1.807, 2.05) is 0 Å². The van der Waals surface area contributed by atoms with E-state index in [-0.39, 0.29) is 16.8 Å². The van der Waals surface area contributed by atoms with E-state index in [1.54, 1.807) is 44.2 Å². The van der Waals surface area contributed by atoms with Crippen LogP contribution in [-0.4, -0.2) is 24.3 Å². The van der Waals surface area contributed by atoms with Crippen molar-refractivity contribution in [3.8, 4) is 0 Å². The minimum atomic E-state index is -3.85. The van der Waals surface area contributed by atoms with Crippen LogP contribution in [0.2, 0.25) is 0 Å². The summed E-state index contributed by atoms with van der Waals surface area (Å²) < 4.78 is 27.4. The maximum atomic E-state index is 12.5. The van der Waals surface area contributed by atoms with E-state index in [0.717, 1.165) is 0 Å². The Kier molecular flexibility index (Phi) is 5.66. The molecule has 0 saturated heterocycles. The van der Waals surface area contributed by atoms with E-state index in [1.165, 1.54) is 24.3 Å². The Hall–Kier alpha value is -2.91. The van der Waals surface area contributed by atoms with Crippen LogP contribution in [0.15, 0.2) is 64.4 Å². The lowest BCUT2D eigenvalue weighted by molar-refractivity contribution is 0.102. The first kappa shape index (κ1) is 19.8. The molecule has 0 aliphatic rings. The summed E-state index contributed by atoms with van der Waals surface area (Å²) in [4.78, 5) is 21.1. The monoisotopic (exact) mass is 414 g/mol. The van der Waals surface area contributed by atoms with E-state index < -0.39 is 10.0 Å². The highest BCUT2D eigenvalue weighted by atomic mass is 32.2. The van der Waals surface area contributed by atoms with Crippen LogP contribution in [0.3, 0.4) is 0 Å². The summed E-state index contributed by atoms with van der Waals surface area (Å²) >= 11 is 4.21. The van der Waals surface area contributed by atoms with Crippen molar-refractivity contribution in [2.45, 2.75) is 23.6 Å². The van der Waals surface area contributed by atoms with Gasteiger partial charge in [-0.1, -0.05) is 6.07 Å². The lowest BCUT2D eigenvalue weighted by Crippen LogP contribution is -2.16. The fraction of sp³-hybridized carbons (Fsp3) is 0.105. The van der Waals surface area contributed by atoms with Crippen LogP contribution in [0.4, 0.5) is 11.6 Å². The zero-order valence-electron chi connectivity index (χ0n) is 15.2. The molecular weight excluding hydrogens is 396 g/mol. The van der Waals surface area contributed by atoms with Gasteiger partial charge in [-0.25, -0.2) is 23.1 Å². The fourth-order valence-corrected chi connectivity index (χ4v) is 3.69. The lowest BCUT2D eigenvalue weighted by atomic mass is 10.2. The number of aryl methyl sites for hydroxylation is 2. The number of anilines is 2. The van der Waals surface area contributed by atoms with Crippen molar-refractivity contribution in [2.75, 3.05) is 10.0 Å². The topological polar surface area (TPSA) is 101 Å². The molecule has 0 spiro atoms. The number of amides is 1. The summed E-state index contributed by atoms with van der Waals surface area (Å²) in [5.41, 5.74) is 2.25. The number of carbonyl (C=O) groups is 1. The van der Waals surface area contributed by atoms with Crippen LogP contribution in [0.5, 0.6) is 0 Å². The summed E-state index contributed by atoms with van der Waals surface area (Å²) in [6.45, 7) is 3.51. The standard InChI is InChI=1S/C19H18N4O3S2/c1-12-10-13(2)21-19(20-12)23-28(25,26)17-8-6-15(7-9-17)22-18(24)14-4-3-5-16(27)11-14/h3-11,27H,1-2H3,(H,22,24)(H,20,21,23). The molecule has 7 nitrogen and oxygen atoms in total. The maximum Gasteiger partial charge on any atom is 0.264 e. The molecule has 0 aliphatic heterocycles. The number of hydrogen-bond donors (Lipinski definition) is 3. The fourth-order valence-electron chi connectivity index (χ4n) is 2.52. The van der Waals surface area contributed by atoms with Crippen LogP contribution in [0, 0.1) is 13.8 Å². The summed E-state index contributed by atoms with van der Waals surface area (Å²) in [5.74, 6) is -0.296. The number of nitrogens with one attached hydrogen (secondary N) is 2. The first-order valence-electron chi connectivity index (χ1n) is 8.28. The average molecular weight is 415 g/mol. The van der Waals surface area contributed by atoms with Crippen molar-refractivity contribution in [1.29, 1.82) is 0 Å². The molecule has 9 heteroatoms. The van der Waals surface area contributed by atoms with Gasteiger partial charge in [-0.15, -0.1) is 12.6 Å². The predicted molar refractivity (Wildman–Crippen MR) is 110 cm³/mol. The third kappa shape index (κ3) is 4.87. The highest BCUT2D eigenvalue weighted by Gasteiger charge is 2.16. The van der Waals surface area contributed by atoms with Crippen LogP contribution >= 0.6 is 12.6 Å². The SMILES string of the molecule is Cc1cc(C)nc(NS(=O)(=O)c2ccc(NC(=O)c3cccc(S)c3)cc2)n1. The Morgan fingerprint density at radius 1 is 0.964 bits per heavy atom. The summed E-state index contributed by atoms with van der Waals surface area (Å²) in [6.07, 6.45) is 0. The quantitative estimate of drug-likeness (QED) is 0.555. The summed E-state index contributed by atoms with van der Waals surface area (Å²) in [7, 11) is -3.85. The van der Waals surface area contributed by atoms with Crippen molar-refractivity contribution in [3.05, 3.63) is 71.5 Å². The first-order valence-corrected chi connectivity index (χ1v) is 10.2. The lowest BCUT2D eigenvalue weighted by Gasteiger charge is -2.09. The molecule has 0 aliphatic carbocycles. The molecule has 1 aromatic heterocycles. The van der Waals surface area contributed by atoms with Crippen LogP contribution in [-0.2, 0) is 10.0 Å². The number of benzene rings is 2. The van der Waals surface area contributed by atoms with E-state index in [0.29, 0.717) is 27.5 Å². The Morgan fingerprint density at radius 2 is 1.61 bits per heavy atom. The molecule has 144 valence electrons. The number of rotatable bonds is 5. The Balaban J connectivity index is 1.75. The van der Waals surface area contributed by atoms with E-state index in [9.17, 15) is 13.2 Å². The molecule has 1 heterocycles. The molecule has 0 bridgehead atoms. The summed E-state index contributed by atoms with van der Waals surface area (Å²) in [6, 6.07) is 14.4. The zero-order chi connectivity index (χ0) is 20.3. The van der Waals surface area contributed by atoms with Crippen molar-refractivity contribution in [2.24, 2.45) is 0 Å². The van der Waals surface area contributed by atoms with Gasteiger partial charge in [-0.2, -0.15) is 0 Å². The number of nitrogens with zero attached hydrogens (tertiary/aromatic N) is 2. The van der Waals surface area contributed by atoms with Gasteiger partial charge in [0.1, 0.15) is 0 Å². The van der Waals surface area contributed by atoms with Gasteiger partial charge in [0, 0.05) is 27.5 Å². The van der Waals surface area contributed by atoms with Gasteiger partial charge in [0.05, 0.1) is 4.90 Å². The predicted octanol–water partition coefficient (Wildman–Crippen LogP) is 3.44. The molecule has 0 radical (unpaired) electrons. The highest BCUT2D eigenvalue weighted by molar-refractivity contribution is 7.92. The number of thiol groups is 1. The molecule has 3 aromatic rings. The van der Waals surface area contributed by atoms with Gasteiger partial charge in [0.15, 0.2) is 0 Å². The molecule has 1 amide bonds. The molecule has 0 saturated carbocycles. The first-order chi connectivity index (χ1) is 13.2. The Morgan fingerprint density at radius 3 is 2.21 bits per heavy atom. The van der Waals surface area contributed by atoms with E-state index in [2.05, 4.69) is 32.6 Å². The van der Waals surface area contributed by atoms with Gasteiger partial charge >= 0.3 is 0 Å². The van der Waals surface area contributed by atoms with E-state index >= 15 is 0 Å². The average Bonchev–Trinajstić information content (AvgIpc) is 2.61. The third-order valence-electron chi connectivity index (χ3n) is 3.74. The molecule has 2 N–H and O–H groups in total. The van der Waals surface area contributed by atoms with Crippen molar-refractivity contribution in [3.63, 3.8) is 0 Å². The normalized spacial score (nSPS) is 11.1. The van der Waals surface area contributed by atoms with E-state index in [4.69, 9.17) is 0 Å². The van der Waals surface area contributed by atoms with Gasteiger partial charge in [0.25, 0.3) is 15.9 Å². The largest absolute Gasteiger partial charge is 0.322 e. The van der Waals surface area contributed by atoms with Crippen molar-refractivity contribution in [1.82, 2.24) is 9.97 Å². The number of carbonyl (C=O) groups excluding carboxylic acids is 1. The van der Waals surface area contributed by atoms with Crippen LogP contribution in [0.1, 0.15) is 21.7 Å². The second-order valence-corrected chi connectivity index (χ2v) is 8.31. The van der Waals surface area contributed by atoms with Gasteiger partial charge in [-0.3, -0.25) is 4.79 Å². The van der Waals surface area contributed by atoms with Crippen molar-refractivity contribution >= 4 is 40.2 Å². The van der Waals surface area contributed by atoms with Gasteiger partial charge < -0.3 is 5.32 Å². The minimum absolute atomic E-state index is 0.0153. The Bertz CT molecular complexity index is 1110. The number of sulfonamides is 1. The number of hydrogen-bond acceptors (Lipinski definition) is 6. The molecule has 0 atom stereocenters. The zero-order valence-corrected chi connectivity index (χ0v) is 16.9. The smallest absolute Gasteiger partial charge is 0.264 e. The van der Waals surface area contributed by atoms with Gasteiger partial charge in [-0.05, 0) is 62.4 Å². The maximum absolute atomic E-state index is 12.5. The van der Waals surface area contributed by atoms with Crippen molar-refractivity contribution < 1.29 is 13.2 Å². The third-order valence-corrected chi connectivity index (χ3v) is 5.36. The second-order valence-electron chi connectivity index (χ2n) is 6.11. The molecule has 3 rings (SSSR count). The number of aromatic nitrogens is 2. The minimum Gasteiger partial charge on any atom is -0.322 e. The highest BCUT2D eigenvalue weighted by Crippen LogP contribution is 2.18. The molecule has 0 fully saturated rings. The van der Waals surface area contributed by atoms with Gasteiger partial charge in [0.2, 0.25) is 5.95 Å². The molecular formula is C19H18N4O3S2. The Labute approximate surface area is 168 Å².